The predicted octanol–water partition coefficient (Wildman–Crippen LogP) is 4.27. The molecule has 0 saturated carbocycles. The first-order valence-electron chi connectivity index (χ1n) is 10.7. The molecule has 0 aliphatic carbocycles. The molecule has 2 aromatic carbocycles. The van der Waals surface area contributed by atoms with E-state index in [0.717, 1.165) is 35.4 Å². The lowest BCUT2D eigenvalue weighted by molar-refractivity contribution is -0.140. The van der Waals surface area contributed by atoms with Crippen LogP contribution >= 0.6 is 0 Å². The van der Waals surface area contributed by atoms with Crippen LogP contribution in [-0.4, -0.2) is 23.9 Å². The molecule has 0 unspecified atom stereocenters. The third-order valence-corrected chi connectivity index (χ3v) is 4.76. The van der Waals surface area contributed by atoms with E-state index in [1.807, 2.05) is 12.1 Å². The fourth-order valence-corrected chi connectivity index (χ4v) is 3.02. The molecule has 0 amide bonds. The number of esters is 4. The van der Waals surface area contributed by atoms with E-state index in [2.05, 4.69) is 26.3 Å². The maximum atomic E-state index is 11.6. The van der Waals surface area contributed by atoms with Gasteiger partial charge in [0.2, 0.25) is 0 Å². The SMILES string of the molecule is C=CC(=O)OCc1cc(COC(=O)C=C)cc(-c2ccc(COC(=O)C=C)c(COC(=O)C=C)c2)c1. The first kappa shape index (κ1) is 27.5. The summed E-state index contributed by atoms with van der Waals surface area (Å²) in [5.41, 5.74) is 3.97. The van der Waals surface area contributed by atoms with Crippen LogP contribution in [0.1, 0.15) is 22.3 Å². The van der Waals surface area contributed by atoms with Gasteiger partial charge in [-0.15, -0.1) is 0 Å². The lowest BCUT2D eigenvalue weighted by Crippen LogP contribution is -2.07. The Balaban J connectivity index is 2.45. The second-order valence-electron chi connectivity index (χ2n) is 7.27. The van der Waals surface area contributed by atoms with E-state index in [-0.39, 0.29) is 26.4 Å². The third-order valence-electron chi connectivity index (χ3n) is 4.76. The van der Waals surface area contributed by atoms with Crippen LogP contribution in [0.4, 0.5) is 0 Å². The number of benzene rings is 2. The van der Waals surface area contributed by atoms with Gasteiger partial charge in [0.15, 0.2) is 0 Å². The molecule has 2 aromatic rings. The molecule has 0 atom stereocenters. The van der Waals surface area contributed by atoms with Gasteiger partial charge in [0, 0.05) is 24.3 Å². The molecule has 0 aromatic heterocycles. The van der Waals surface area contributed by atoms with Crippen molar-refractivity contribution in [2.45, 2.75) is 26.4 Å². The molecular formula is C28H26O8. The Morgan fingerprint density at radius 1 is 0.528 bits per heavy atom. The lowest BCUT2D eigenvalue weighted by Gasteiger charge is -2.14. The average molecular weight is 491 g/mol. The quantitative estimate of drug-likeness (QED) is 0.233. The molecule has 0 aliphatic rings. The van der Waals surface area contributed by atoms with E-state index in [1.54, 1.807) is 24.3 Å². The zero-order valence-corrected chi connectivity index (χ0v) is 19.7. The standard InChI is InChI=1S/C28H26O8/c1-5-25(29)33-15-19-11-20(16-34-26(30)6-2)13-23(12-19)21-9-10-22(17-35-27(31)7-3)24(14-21)18-36-28(32)8-4/h5-14H,1-4,15-18H2. The van der Waals surface area contributed by atoms with Gasteiger partial charge in [0.25, 0.3) is 0 Å². The van der Waals surface area contributed by atoms with Crippen molar-refractivity contribution < 1.29 is 38.1 Å². The van der Waals surface area contributed by atoms with Crippen molar-refractivity contribution in [1.82, 2.24) is 0 Å². The molecule has 8 nitrogen and oxygen atoms in total. The average Bonchev–Trinajstić information content (AvgIpc) is 2.91. The second-order valence-corrected chi connectivity index (χ2v) is 7.27. The minimum atomic E-state index is -0.605. The molecule has 2 rings (SSSR count). The molecule has 0 fully saturated rings. The number of carbonyl (C=O) groups is 4. The Hall–Kier alpha value is -4.72. The number of ether oxygens (including phenoxy) is 4. The lowest BCUT2D eigenvalue weighted by atomic mass is 9.96. The van der Waals surface area contributed by atoms with Crippen LogP contribution in [0.5, 0.6) is 0 Å². The first-order chi connectivity index (χ1) is 17.3. The van der Waals surface area contributed by atoms with Crippen LogP contribution in [0.2, 0.25) is 0 Å². The van der Waals surface area contributed by atoms with Crippen LogP contribution in [0, 0.1) is 0 Å². The largest absolute Gasteiger partial charge is 0.458 e. The molecule has 186 valence electrons. The highest BCUT2D eigenvalue weighted by Crippen LogP contribution is 2.27. The van der Waals surface area contributed by atoms with E-state index in [4.69, 9.17) is 18.9 Å². The Morgan fingerprint density at radius 3 is 1.39 bits per heavy atom. The van der Waals surface area contributed by atoms with Gasteiger partial charge in [-0.05, 0) is 57.6 Å². The van der Waals surface area contributed by atoms with E-state index >= 15 is 0 Å². The maximum Gasteiger partial charge on any atom is 0.330 e. The zero-order chi connectivity index (χ0) is 26.5. The van der Waals surface area contributed by atoms with Crippen LogP contribution < -0.4 is 0 Å². The van der Waals surface area contributed by atoms with Gasteiger partial charge < -0.3 is 18.9 Å². The number of hydrogen-bond acceptors (Lipinski definition) is 8. The van der Waals surface area contributed by atoms with Crippen LogP contribution in [0.3, 0.4) is 0 Å². The van der Waals surface area contributed by atoms with Crippen molar-refractivity contribution in [2.24, 2.45) is 0 Å². The summed E-state index contributed by atoms with van der Waals surface area (Å²) >= 11 is 0. The van der Waals surface area contributed by atoms with Gasteiger partial charge in [0.05, 0.1) is 0 Å². The Morgan fingerprint density at radius 2 is 0.944 bits per heavy atom. The van der Waals surface area contributed by atoms with Gasteiger partial charge >= 0.3 is 23.9 Å². The van der Waals surface area contributed by atoms with Gasteiger partial charge in [-0.2, -0.15) is 0 Å². The summed E-state index contributed by atoms with van der Waals surface area (Å²) in [6, 6.07) is 10.7. The third kappa shape index (κ3) is 8.57. The monoisotopic (exact) mass is 490 g/mol. The minimum absolute atomic E-state index is 0.0273. The summed E-state index contributed by atoms with van der Waals surface area (Å²) in [6.45, 7) is 13.3. The molecule has 0 spiro atoms. The highest BCUT2D eigenvalue weighted by atomic mass is 16.5. The smallest absolute Gasteiger partial charge is 0.330 e. The number of hydrogen-bond donors (Lipinski definition) is 0. The molecule has 8 heteroatoms. The topological polar surface area (TPSA) is 105 Å². The fourth-order valence-electron chi connectivity index (χ4n) is 3.02. The Bertz CT molecular complexity index is 1150. The number of rotatable bonds is 13. The maximum absolute atomic E-state index is 11.6. The summed E-state index contributed by atoms with van der Waals surface area (Å²) < 4.78 is 20.6. The molecular weight excluding hydrogens is 464 g/mol. The molecule has 0 saturated heterocycles. The Kier molecular flexibility index (Phi) is 10.6. The van der Waals surface area contributed by atoms with Crippen molar-refractivity contribution in [2.75, 3.05) is 0 Å². The highest BCUT2D eigenvalue weighted by molar-refractivity contribution is 5.82. The van der Waals surface area contributed by atoms with Gasteiger partial charge in [-0.1, -0.05) is 38.4 Å². The number of carbonyl (C=O) groups excluding carboxylic acids is 4. The molecule has 0 radical (unpaired) electrons. The Labute approximate surface area is 209 Å². The molecule has 0 heterocycles. The zero-order valence-electron chi connectivity index (χ0n) is 19.7. The van der Waals surface area contributed by atoms with Crippen LogP contribution in [-0.2, 0) is 64.6 Å². The van der Waals surface area contributed by atoms with Crippen molar-refractivity contribution in [3.63, 3.8) is 0 Å². The van der Waals surface area contributed by atoms with Crippen molar-refractivity contribution in [1.29, 1.82) is 0 Å². The second kappa shape index (κ2) is 13.9. The van der Waals surface area contributed by atoms with Gasteiger partial charge in [0.1, 0.15) is 26.4 Å². The molecule has 36 heavy (non-hydrogen) atoms. The van der Waals surface area contributed by atoms with E-state index in [0.29, 0.717) is 22.3 Å². The van der Waals surface area contributed by atoms with Crippen molar-refractivity contribution >= 4 is 23.9 Å². The fraction of sp³-hybridized carbons (Fsp3) is 0.143. The van der Waals surface area contributed by atoms with E-state index < -0.39 is 23.9 Å². The van der Waals surface area contributed by atoms with E-state index in [1.165, 1.54) is 0 Å². The van der Waals surface area contributed by atoms with Crippen LogP contribution in [0.25, 0.3) is 11.1 Å². The first-order valence-corrected chi connectivity index (χ1v) is 10.7. The minimum Gasteiger partial charge on any atom is -0.458 e. The highest BCUT2D eigenvalue weighted by Gasteiger charge is 2.12. The molecule has 0 bridgehead atoms. The van der Waals surface area contributed by atoms with Crippen molar-refractivity contribution in [3.8, 4) is 11.1 Å². The summed E-state index contributed by atoms with van der Waals surface area (Å²) in [5.74, 6) is -2.35. The van der Waals surface area contributed by atoms with E-state index in [9.17, 15) is 19.2 Å². The normalized spacial score (nSPS) is 9.89. The summed E-state index contributed by atoms with van der Waals surface area (Å²) in [4.78, 5) is 46.2. The van der Waals surface area contributed by atoms with Crippen LogP contribution in [0.15, 0.2) is 87.0 Å². The predicted molar refractivity (Wildman–Crippen MR) is 132 cm³/mol. The van der Waals surface area contributed by atoms with Gasteiger partial charge in [-0.3, -0.25) is 0 Å². The van der Waals surface area contributed by atoms with Gasteiger partial charge in [-0.25, -0.2) is 19.2 Å². The summed E-state index contributed by atoms with van der Waals surface area (Å²) in [6.07, 6.45) is 4.22. The molecule has 0 N–H and O–H groups in total. The van der Waals surface area contributed by atoms with Crippen molar-refractivity contribution in [3.05, 3.63) is 109 Å². The summed E-state index contributed by atoms with van der Waals surface area (Å²) in [5, 5.41) is 0. The molecule has 0 aliphatic heterocycles. The summed E-state index contributed by atoms with van der Waals surface area (Å²) in [7, 11) is 0.